The number of hydrogen-bond acceptors (Lipinski definition) is 4. The first-order valence-corrected chi connectivity index (χ1v) is 34.4. The van der Waals surface area contributed by atoms with Crippen molar-refractivity contribution in [3.63, 3.8) is 0 Å². The molecule has 12 aromatic carbocycles. The Morgan fingerprint density at radius 3 is 1.18 bits per heavy atom. The van der Waals surface area contributed by atoms with Crippen LogP contribution in [0.3, 0.4) is 0 Å². The van der Waals surface area contributed by atoms with Crippen LogP contribution < -0.4 is 19.6 Å². The normalized spacial score (nSPS) is 26.6. The number of hydrogen-bond donors (Lipinski definition) is 0. The molecule has 1 fully saturated rings. The highest BCUT2D eigenvalue weighted by Crippen LogP contribution is 2.81. The summed E-state index contributed by atoms with van der Waals surface area (Å²) in [6.07, 6.45) is 6.33. The van der Waals surface area contributed by atoms with Gasteiger partial charge in [-0.1, -0.05) is 264 Å². The first-order valence-electron chi connectivity index (χ1n) is 34.4. The van der Waals surface area contributed by atoms with Crippen LogP contribution in [0.1, 0.15) is 181 Å². The minimum absolute atomic E-state index is 0.00854. The van der Waals surface area contributed by atoms with Gasteiger partial charge < -0.3 is 19.6 Å². The Hall–Kier alpha value is -10.2. The lowest BCUT2D eigenvalue weighted by Crippen LogP contribution is -2.59. The van der Waals surface area contributed by atoms with E-state index in [1.165, 1.54) is 172 Å². The third kappa shape index (κ3) is 4.91. The molecule has 12 aromatic rings. The van der Waals surface area contributed by atoms with Gasteiger partial charge in [-0.15, -0.1) is 0 Å². The lowest BCUT2D eigenvalue weighted by atomic mass is 9.52. The second-order valence-electron chi connectivity index (χ2n) is 29.9. The van der Waals surface area contributed by atoms with Gasteiger partial charge in [0.05, 0.1) is 11.4 Å². The van der Waals surface area contributed by atoms with Crippen molar-refractivity contribution < 1.29 is 0 Å². The van der Waals surface area contributed by atoms with Crippen LogP contribution in [0.2, 0.25) is 0 Å². The smallest absolute Gasteiger partial charge is 0.109 e. The molecule has 8 atom stereocenters. The maximum Gasteiger partial charge on any atom is 0.109 e. The number of fused-ring (bicyclic) bond motifs is 28. The van der Waals surface area contributed by atoms with Crippen LogP contribution in [0.25, 0.3) is 0 Å². The van der Waals surface area contributed by atoms with E-state index in [-0.39, 0.29) is 33.0 Å². The molecule has 8 unspecified atom stereocenters. The third-order valence-corrected chi connectivity index (χ3v) is 26.6. The third-order valence-electron chi connectivity index (χ3n) is 26.6. The number of nitrogens with zero attached hydrogens (tertiary/aromatic N) is 4. The summed E-state index contributed by atoms with van der Waals surface area (Å²) in [4.78, 5) is 10.8. The molecule has 13 aliphatic rings. The summed E-state index contributed by atoms with van der Waals surface area (Å²) < 4.78 is 0. The summed E-state index contributed by atoms with van der Waals surface area (Å²) in [5.74, 6) is 1.57. The lowest BCUT2D eigenvalue weighted by Gasteiger charge is -2.62. The van der Waals surface area contributed by atoms with Crippen molar-refractivity contribution in [3.05, 3.63) is 378 Å². The Balaban J connectivity index is 0.000000116. The summed E-state index contributed by atoms with van der Waals surface area (Å²) in [5, 5.41) is 0. The van der Waals surface area contributed by atoms with Crippen LogP contribution in [0.5, 0.6) is 0 Å². The Kier molecular flexibility index (Phi) is 8.52. The van der Waals surface area contributed by atoms with E-state index < -0.39 is 0 Å². The zero-order chi connectivity index (χ0) is 60.4. The van der Waals surface area contributed by atoms with Gasteiger partial charge in [0, 0.05) is 90.9 Å². The van der Waals surface area contributed by atoms with Crippen LogP contribution in [0.15, 0.2) is 267 Å². The Bertz CT molecular complexity index is 5470. The second kappa shape index (κ2) is 16.0. The second-order valence-corrected chi connectivity index (χ2v) is 29.9. The average Bonchev–Trinajstić information content (AvgIpc) is 1.55. The fourth-order valence-electron chi connectivity index (χ4n) is 23.2. The fourth-order valence-corrected chi connectivity index (χ4v) is 23.2. The number of para-hydroxylation sites is 8. The van der Waals surface area contributed by atoms with Gasteiger partial charge in [0.1, 0.15) is 22.2 Å². The molecule has 1 saturated carbocycles. The van der Waals surface area contributed by atoms with Gasteiger partial charge in [-0.3, -0.25) is 0 Å². The van der Waals surface area contributed by atoms with Gasteiger partial charge in [0.15, 0.2) is 0 Å². The van der Waals surface area contributed by atoms with E-state index in [2.05, 4.69) is 300 Å². The SMILES string of the molecule is CC(C)(c1ccc2c(c1)C1c3ccccc3N3c4ccccc4C213)c1cccc2c1N1c3ccccc3C3c4ccccc4C231.c1ccc2c(c1)C1c3cc(C4(c5cccc6c5N5c7ccccc7C7c8ccccc8C675)CCCCC4)ccc3C13c1ccccc1N23. The molecule has 4 spiro atoms. The molecule has 25 rings (SSSR count). The number of anilines is 8. The van der Waals surface area contributed by atoms with Crippen molar-refractivity contribution in [1.29, 1.82) is 0 Å². The fraction of sp³-hybridized carbons (Fsp3) is 0.191. The van der Waals surface area contributed by atoms with Crippen molar-refractivity contribution in [2.24, 2.45) is 0 Å². The van der Waals surface area contributed by atoms with Crippen LogP contribution in [-0.4, -0.2) is 0 Å². The van der Waals surface area contributed by atoms with Gasteiger partial charge in [-0.25, -0.2) is 0 Å². The maximum atomic E-state index is 2.78. The first-order chi connectivity index (χ1) is 45.9. The van der Waals surface area contributed by atoms with Crippen molar-refractivity contribution in [2.45, 2.75) is 103 Å². The topological polar surface area (TPSA) is 13.0 Å². The zero-order valence-electron chi connectivity index (χ0n) is 52.0. The van der Waals surface area contributed by atoms with Crippen LogP contribution >= 0.6 is 0 Å². The van der Waals surface area contributed by atoms with Crippen molar-refractivity contribution in [2.75, 3.05) is 19.6 Å². The Morgan fingerprint density at radius 2 is 0.645 bits per heavy atom. The van der Waals surface area contributed by atoms with Crippen molar-refractivity contribution >= 4 is 45.5 Å². The van der Waals surface area contributed by atoms with Gasteiger partial charge >= 0.3 is 0 Å². The monoisotopic (exact) mass is 1190 g/mol. The molecule has 5 aliphatic carbocycles. The van der Waals surface area contributed by atoms with Gasteiger partial charge in [0.25, 0.3) is 0 Å². The molecule has 0 aromatic heterocycles. The summed E-state index contributed by atoms with van der Waals surface area (Å²) in [6, 6.07) is 103. The molecular formula is C89H64N4. The molecule has 0 radical (unpaired) electrons. The molecule has 4 nitrogen and oxygen atoms in total. The molecule has 0 saturated heterocycles. The van der Waals surface area contributed by atoms with Gasteiger partial charge in [-0.2, -0.15) is 0 Å². The van der Waals surface area contributed by atoms with E-state index in [4.69, 9.17) is 0 Å². The molecule has 0 N–H and O–H groups in total. The predicted molar refractivity (Wildman–Crippen MR) is 372 cm³/mol. The molecule has 4 heteroatoms. The van der Waals surface area contributed by atoms with Crippen LogP contribution in [0, 0.1) is 0 Å². The van der Waals surface area contributed by atoms with E-state index in [0.717, 1.165) is 0 Å². The molecular weight excluding hydrogens is 1130 g/mol. The van der Waals surface area contributed by atoms with Crippen LogP contribution in [-0.2, 0) is 33.0 Å². The Morgan fingerprint density at radius 1 is 0.280 bits per heavy atom. The predicted octanol–water partition coefficient (Wildman–Crippen LogP) is 20.4. The number of rotatable bonds is 4. The first kappa shape index (κ1) is 49.5. The molecule has 440 valence electrons. The minimum Gasteiger partial charge on any atom is -0.325 e. The zero-order valence-corrected chi connectivity index (χ0v) is 52.0. The largest absolute Gasteiger partial charge is 0.325 e. The number of benzene rings is 12. The average molecular weight is 1190 g/mol. The highest BCUT2D eigenvalue weighted by Gasteiger charge is 2.73. The van der Waals surface area contributed by atoms with E-state index in [1.54, 1.807) is 16.7 Å². The highest BCUT2D eigenvalue weighted by molar-refractivity contribution is 6.00. The molecule has 0 amide bonds. The molecule has 93 heavy (non-hydrogen) atoms. The summed E-state index contributed by atoms with van der Waals surface area (Å²) >= 11 is 0. The summed E-state index contributed by atoms with van der Waals surface area (Å²) in [5.41, 5.74) is 40.7. The quantitative estimate of drug-likeness (QED) is 0.174. The van der Waals surface area contributed by atoms with Gasteiger partial charge in [0.2, 0.25) is 0 Å². The molecule has 0 bridgehead atoms. The molecule has 8 heterocycles. The van der Waals surface area contributed by atoms with E-state index in [9.17, 15) is 0 Å². The summed E-state index contributed by atoms with van der Waals surface area (Å²) in [7, 11) is 0. The van der Waals surface area contributed by atoms with E-state index in [1.807, 2.05) is 0 Å². The highest BCUT2D eigenvalue weighted by atomic mass is 15.3. The van der Waals surface area contributed by atoms with E-state index in [0.29, 0.717) is 23.7 Å². The minimum atomic E-state index is -0.170. The standard InChI is InChI=1S/C46H34N2.C43H30N2/c1-10-25-44(26-11-1,28-23-24-34-32(27-28)42-30-14-3-7-20-38(30)47-40-22-9-6-17-35(40)45(34,42)47)36-18-12-19-37-43(36)48-39-21-8-4-15-31(39)41-29-13-2-5-16-33(29)46(37,41)48;1-41(2,25-22-23-31-29(24-25)39-27-13-4-8-19-35(27)44-37-21-10-7-16-32(37)42(31,39)44)33-17-11-18-34-40(33)45-36-20-9-5-14-28(36)38-26-12-3-6-15-30(26)43(34,38)45/h2-9,12-24,27,41-42H,1,10-11,25-26H2;3-24,38-39H,1-2H3. The van der Waals surface area contributed by atoms with Crippen molar-refractivity contribution in [3.8, 4) is 0 Å². The van der Waals surface area contributed by atoms with Gasteiger partial charge in [-0.05, 0) is 138 Å². The molecule has 8 aliphatic heterocycles. The van der Waals surface area contributed by atoms with E-state index >= 15 is 0 Å². The maximum absolute atomic E-state index is 2.78. The Labute approximate surface area is 542 Å². The van der Waals surface area contributed by atoms with Crippen LogP contribution in [0.4, 0.5) is 45.5 Å². The summed E-state index contributed by atoms with van der Waals surface area (Å²) in [6.45, 7) is 4.87. The lowest BCUT2D eigenvalue weighted by molar-refractivity contribution is 0.333. The van der Waals surface area contributed by atoms with Crippen molar-refractivity contribution in [1.82, 2.24) is 0 Å².